The largest absolute Gasteiger partial charge is 0.375 e. The van der Waals surface area contributed by atoms with Crippen LogP contribution >= 0.6 is 0 Å². The lowest BCUT2D eigenvalue weighted by Gasteiger charge is -2.19. The highest BCUT2D eigenvalue weighted by Crippen LogP contribution is 2.10. The number of rotatable bonds is 8. The molecule has 0 heterocycles. The number of hydrogen-bond donors (Lipinski definition) is 2. The molecule has 4 nitrogen and oxygen atoms in total. The molecule has 1 atom stereocenters. The molecule has 3 N–H and O–H groups in total. The maximum Gasteiger partial charge on any atom is 0.222 e. The Balaban J connectivity index is 2.19. The van der Waals surface area contributed by atoms with Crippen molar-refractivity contribution in [1.29, 1.82) is 0 Å². The smallest absolute Gasteiger partial charge is 0.222 e. The van der Waals surface area contributed by atoms with Crippen molar-refractivity contribution < 1.29 is 4.79 Å². The molecule has 0 bridgehead atoms. The van der Waals surface area contributed by atoms with Gasteiger partial charge in [-0.1, -0.05) is 25.1 Å². The number of anilines is 1. The lowest BCUT2D eigenvalue weighted by atomic mass is 10.1. The zero-order valence-electron chi connectivity index (χ0n) is 11.9. The van der Waals surface area contributed by atoms with Gasteiger partial charge in [-0.25, -0.2) is 0 Å². The van der Waals surface area contributed by atoms with Crippen molar-refractivity contribution in [1.82, 2.24) is 5.32 Å². The van der Waals surface area contributed by atoms with E-state index in [1.807, 2.05) is 25.1 Å². The van der Waals surface area contributed by atoms with E-state index in [0.717, 1.165) is 19.4 Å². The minimum atomic E-state index is 0.0110. The van der Waals surface area contributed by atoms with E-state index in [9.17, 15) is 4.79 Å². The van der Waals surface area contributed by atoms with Crippen molar-refractivity contribution >= 4 is 11.6 Å². The molecule has 4 heteroatoms. The first-order valence-electron chi connectivity index (χ1n) is 6.89. The molecule has 0 radical (unpaired) electrons. The van der Waals surface area contributed by atoms with Gasteiger partial charge in [0.15, 0.2) is 0 Å². The Morgan fingerprint density at radius 1 is 1.37 bits per heavy atom. The second kappa shape index (κ2) is 8.53. The van der Waals surface area contributed by atoms with Gasteiger partial charge in [-0.3, -0.25) is 4.79 Å². The molecule has 0 aliphatic rings. The van der Waals surface area contributed by atoms with Gasteiger partial charge in [0.2, 0.25) is 5.91 Å². The fourth-order valence-electron chi connectivity index (χ4n) is 1.89. The van der Waals surface area contributed by atoms with Crippen LogP contribution in [0.4, 0.5) is 5.69 Å². The summed E-state index contributed by atoms with van der Waals surface area (Å²) < 4.78 is 0. The van der Waals surface area contributed by atoms with Crippen LogP contribution in [-0.4, -0.2) is 32.6 Å². The van der Waals surface area contributed by atoms with E-state index >= 15 is 0 Å². The molecule has 0 spiro atoms. The SMILES string of the molecule is CC(CCN)C(=O)NCCCN(C)c1ccccc1. The van der Waals surface area contributed by atoms with Crippen LogP contribution in [0, 0.1) is 5.92 Å². The van der Waals surface area contributed by atoms with Crippen LogP contribution < -0.4 is 16.0 Å². The summed E-state index contributed by atoms with van der Waals surface area (Å²) in [4.78, 5) is 13.9. The van der Waals surface area contributed by atoms with E-state index in [1.54, 1.807) is 0 Å². The number of benzene rings is 1. The Morgan fingerprint density at radius 3 is 2.68 bits per heavy atom. The van der Waals surface area contributed by atoms with E-state index in [4.69, 9.17) is 5.73 Å². The molecule has 1 rings (SSSR count). The summed E-state index contributed by atoms with van der Waals surface area (Å²) in [6, 6.07) is 10.2. The Labute approximate surface area is 116 Å². The van der Waals surface area contributed by atoms with Crippen molar-refractivity contribution in [2.24, 2.45) is 11.7 Å². The van der Waals surface area contributed by atoms with Gasteiger partial charge in [0, 0.05) is 31.7 Å². The number of carbonyl (C=O) groups is 1. The summed E-state index contributed by atoms with van der Waals surface area (Å²) in [5.74, 6) is 0.115. The van der Waals surface area contributed by atoms with Crippen molar-refractivity contribution in [2.75, 3.05) is 31.6 Å². The van der Waals surface area contributed by atoms with Crippen molar-refractivity contribution in [3.63, 3.8) is 0 Å². The first kappa shape index (κ1) is 15.5. The zero-order valence-corrected chi connectivity index (χ0v) is 11.9. The van der Waals surface area contributed by atoms with Gasteiger partial charge >= 0.3 is 0 Å². The molecule has 0 fully saturated rings. The summed E-state index contributed by atoms with van der Waals surface area (Å²) in [6.07, 6.45) is 1.68. The fourth-order valence-corrected chi connectivity index (χ4v) is 1.89. The van der Waals surface area contributed by atoms with E-state index < -0.39 is 0 Å². The fraction of sp³-hybridized carbons (Fsp3) is 0.533. The summed E-state index contributed by atoms with van der Waals surface area (Å²) >= 11 is 0. The number of para-hydroxylation sites is 1. The van der Waals surface area contributed by atoms with Crippen molar-refractivity contribution in [2.45, 2.75) is 19.8 Å². The molecule has 0 aromatic heterocycles. The predicted octanol–water partition coefficient (Wildman–Crippen LogP) is 1.61. The van der Waals surface area contributed by atoms with Crippen LogP contribution in [0.5, 0.6) is 0 Å². The molecule has 0 aliphatic carbocycles. The minimum absolute atomic E-state index is 0.0110. The maximum atomic E-state index is 11.7. The molecule has 0 saturated carbocycles. The highest BCUT2D eigenvalue weighted by atomic mass is 16.1. The van der Waals surface area contributed by atoms with Gasteiger partial charge in [-0.05, 0) is 31.5 Å². The van der Waals surface area contributed by atoms with Gasteiger partial charge in [-0.15, -0.1) is 0 Å². The van der Waals surface area contributed by atoms with E-state index in [-0.39, 0.29) is 11.8 Å². The average Bonchev–Trinajstić information content (AvgIpc) is 2.44. The summed E-state index contributed by atoms with van der Waals surface area (Å²) in [5, 5.41) is 2.95. The lowest BCUT2D eigenvalue weighted by molar-refractivity contribution is -0.124. The summed E-state index contributed by atoms with van der Waals surface area (Å²) in [6.45, 7) is 4.12. The topological polar surface area (TPSA) is 58.4 Å². The number of hydrogen-bond acceptors (Lipinski definition) is 3. The Bertz CT molecular complexity index is 367. The van der Waals surface area contributed by atoms with Gasteiger partial charge in [0.05, 0.1) is 0 Å². The second-order valence-electron chi connectivity index (χ2n) is 4.88. The lowest BCUT2D eigenvalue weighted by Crippen LogP contribution is -2.32. The van der Waals surface area contributed by atoms with E-state index in [2.05, 4.69) is 29.4 Å². The standard InChI is InChI=1S/C15H25N3O/c1-13(9-10-16)15(19)17-11-6-12-18(2)14-7-4-3-5-8-14/h3-5,7-8,13H,6,9-12,16H2,1-2H3,(H,17,19). The summed E-state index contributed by atoms with van der Waals surface area (Å²) in [5.41, 5.74) is 6.64. The van der Waals surface area contributed by atoms with Gasteiger partial charge < -0.3 is 16.0 Å². The first-order chi connectivity index (χ1) is 9.15. The summed E-state index contributed by atoms with van der Waals surface area (Å²) in [7, 11) is 2.06. The third-order valence-electron chi connectivity index (χ3n) is 3.21. The number of amides is 1. The molecule has 1 aromatic carbocycles. The quantitative estimate of drug-likeness (QED) is 0.701. The Hall–Kier alpha value is -1.55. The average molecular weight is 263 g/mol. The minimum Gasteiger partial charge on any atom is -0.375 e. The third kappa shape index (κ3) is 5.75. The Kier molecular flexibility index (Phi) is 6.97. The molecular weight excluding hydrogens is 238 g/mol. The van der Waals surface area contributed by atoms with E-state index in [0.29, 0.717) is 13.1 Å². The first-order valence-corrected chi connectivity index (χ1v) is 6.89. The van der Waals surface area contributed by atoms with Gasteiger partial charge in [-0.2, -0.15) is 0 Å². The number of carbonyl (C=O) groups excluding carboxylic acids is 1. The highest BCUT2D eigenvalue weighted by Gasteiger charge is 2.10. The normalized spacial score (nSPS) is 11.9. The number of nitrogens with one attached hydrogen (secondary N) is 1. The molecule has 0 aliphatic heterocycles. The van der Waals surface area contributed by atoms with Crippen LogP contribution in [-0.2, 0) is 4.79 Å². The monoisotopic (exact) mass is 263 g/mol. The molecule has 1 unspecified atom stereocenters. The van der Waals surface area contributed by atoms with Crippen molar-refractivity contribution in [3.05, 3.63) is 30.3 Å². The number of nitrogens with zero attached hydrogens (tertiary/aromatic N) is 1. The van der Waals surface area contributed by atoms with Crippen LogP contribution in [0.15, 0.2) is 30.3 Å². The van der Waals surface area contributed by atoms with E-state index in [1.165, 1.54) is 5.69 Å². The molecule has 1 aromatic rings. The molecule has 1 amide bonds. The van der Waals surface area contributed by atoms with Crippen molar-refractivity contribution in [3.8, 4) is 0 Å². The van der Waals surface area contributed by atoms with Gasteiger partial charge in [0.1, 0.15) is 0 Å². The van der Waals surface area contributed by atoms with Crippen LogP contribution in [0.1, 0.15) is 19.8 Å². The molecule has 19 heavy (non-hydrogen) atoms. The second-order valence-corrected chi connectivity index (χ2v) is 4.88. The molecule has 0 saturated heterocycles. The maximum absolute atomic E-state index is 11.7. The van der Waals surface area contributed by atoms with Crippen LogP contribution in [0.25, 0.3) is 0 Å². The van der Waals surface area contributed by atoms with Crippen LogP contribution in [0.3, 0.4) is 0 Å². The zero-order chi connectivity index (χ0) is 14.1. The Morgan fingerprint density at radius 2 is 2.05 bits per heavy atom. The van der Waals surface area contributed by atoms with Gasteiger partial charge in [0.25, 0.3) is 0 Å². The number of nitrogens with two attached hydrogens (primary N) is 1. The third-order valence-corrected chi connectivity index (χ3v) is 3.21. The molecular formula is C15H25N3O. The van der Waals surface area contributed by atoms with Crippen LogP contribution in [0.2, 0.25) is 0 Å². The molecule has 106 valence electrons. The highest BCUT2D eigenvalue weighted by molar-refractivity contribution is 5.78. The predicted molar refractivity (Wildman–Crippen MR) is 80.2 cm³/mol.